The Bertz CT molecular complexity index is 720. The Hall–Kier alpha value is -1.26. The predicted octanol–water partition coefficient (Wildman–Crippen LogP) is 1.93. The second-order valence-electron chi connectivity index (χ2n) is 6.67. The standard InChI is InChI=1S/C16H25N3O5S.ClH/c1-12-8-14(19(20)21)9-13(2)15(12)25(22,23)18-10-16(11-24-3)4-6-17-7-5-16;/h8-9,17-18H,4-7,10-11H2,1-3H3;1H. The number of ether oxygens (including phenoxy) is 1. The molecule has 0 aromatic heterocycles. The van der Waals surface area contributed by atoms with Crippen molar-refractivity contribution >= 4 is 28.1 Å². The summed E-state index contributed by atoms with van der Waals surface area (Å²) in [6, 6.07) is 2.58. The molecule has 26 heavy (non-hydrogen) atoms. The number of non-ortho nitro benzene ring substituents is 1. The van der Waals surface area contributed by atoms with Gasteiger partial charge < -0.3 is 10.1 Å². The van der Waals surface area contributed by atoms with Crippen LogP contribution < -0.4 is 10.0 Å². The van der Waals surface area contributed by atoms with E-state index >= 15 is 0 Å². The smallest absolute Gasteiger partial charge is 0.270 e. The molecular formula is C16H26ClN3O5S. The molecule has 1 aliphatic rings. The largest absolute Gasteiger partial charge is 0.384 e. The Balaban J connectivity index is 0.00000338. The highest BCUT2D eigenvalue weighted by atomic mass is 35.5. The van der Waals surface area contributed by atoms with Crippen molar-refractivity contribution in [3.63, 3.8) is 0 Å². The molecule has 0 amide bonds. The van der Waals surface area contributed by atoms with Crippen LogP contribution in [0, 0.1) is 29.4 Å². The lowest BCUT2D eigenvalue weighted by Crippen LogP contribution is -2.47. The number of piperidine rings is 1. The third kappa shape index (κ3) is 5.14. The van der Waals surface area contributed by atoms with Crippen LogP contribution in [0.25, 0.3) is 0 Å². The van der Waals surface area contributed by atoms with Crippen LogP contribution in [0.15, 0.2) is 17.0 Å². The van der Waals surface area contributed by atoms with Gasteiger partial charge in [0.05, 0.1) is 16.4 Å². The summed E-state index contributed by atoms with van der Waals surface area (Å²) >= 11 is 0. The Labute approximate surface area is 160 Å². The van der Waals surface area contributed by atoms with Crippen molar-refractivity contribution in [2.45, 2.75) is 31.6 Å². The quantitative estimate of drug-likeness (QED) is 0.527. The molecule has 0 radical (unpaired) electrons. The first-order chi connectivity index (χ1) is 11.7. The third-order valence-electron chi connectivity index (χ3n) is 4.68. The number of nitrogens with zero attached hydrogens (tertiary/aromatic N) is 1. The van der Waals surface area contributed by atoms with E-state index in [0.717, 1.165) is 25.9 Å². The van der Waals surface area contributed by atoms with E-state index in [0.29, 0.717) is 17.7 Å². The van der Waals surface area contributed by atoms with Crippen LogP contribution in [0.1, 0.15) is 24.0 Å². The van der Waals surface area contributed by atoms with Gasteiger partial charge in [-0.1, -0.05) is 0 Å². The Kier molecular flexibility index (Phi) is 7.97. The number of benzene rings is 1. The molecule has 1 fully saturated rings. The summed E-state index contributed by atoms with van der Waals surface area (Å²) < 4.78 is 33.6. The molecule has 0 saturated carbocycles. The van der Waals surface area contributed by atoms with E-state index in [1.807, 2.05) is 0 Å². The van der Waals surface area contributed by atoms with Gasteiger partial charge in [0.2, 0.25) is 10.0 Å². The van der Waals surface area contributed by atoms with E-state index in [4.69, 9.17) is 4.74 Å². The van der Waals surface area contributed by atoms with E-state index in [-0.39, 0.29) is 34.9 Å². The highest BCUT2D eigenvalue weighted by molar-refractivity contribution is 7.89. The lowest BCUT2D eigenvalue weighted by molar-refractivity contribution is -0.385. The predicted molar refractivity (Wildman–Crippen MR) is 101 cm³/mol. The fraction of sp³-hybridized carbons (Fsp3) is 0.625. The zero-order valence-electron chi connectivity index (χ0n) is 15.2. The van der Waals surface area contributed by atoms with Gasteiger partial charge in [-0.15, -0.1) is 12.4 Å². The zero-order valence-corrected chi connectivity index (χ0v) is 16.8. The SMILES string of the molecule is COCC1(CNS(=O)(=O)c2c(C)cc([N+](=O)[O-])cc2C)CCNCC1.Cl. The van der Waals surface area contributed by atoms with Gasteiger partial charge >= 0.3 is 0 Å². The fourth-order valence-electron chi connectivity index (χ4n) is 3.41. The number of hydrogen-bond donors (Lipinski definition) is 2. The van der Waals surface area contributed by atoms with E-state index < -0.39 is 14.9 Å². The molecule has 0 unspecified atom stereocenters. The van der Waals surface area contributed by atoms with Gasteiger partial charge in [0, 0.05) is 31.2 Å². The number of halogens is 1. The first kappa shape index (κ1) is 22.8. The van der Waals surface area contributed by atoms with Crippen LogP contribution in [0.5, 0.6) is 0 Å². The highest BCUT2D eigenvalue weighted by Gasteiger charge is 2.34. The Morgan fingerprint density at radius 1 is 1.27 bits per heavy atom. The normalized spacial score (nSPS) is 16.7. The first-order valence-electron chi connectivity index (χ1n) is 8.16. The minimum atomic E-state index is -3.77. The summed E-state index contributed by atoms with van der Waals surface area (Å²) in [4.78, 5) is 10.5. The van der Waals surface area contributed by atoms with E-state index in [1.54, 1.807) is 21.0 Å². The molecule has 2 N–H and O–H groups in total. The van der Waals surface area contributed by atoms with E-state index in [1.165, 1.54) is 12.1 Å². The number of sulfonamides is 1. The molecule has 148 valence electrons. The molecule has 0 atom stereocenters. The van der Waals surface area contributed by atoms with Crippen LogP contribution >= 0.6 is 12.4 Å². The maximum Gasteiger partial charge on any atom is 0.270 e. The average Bonchev–Trinajstić information content (AvgIpc) is 2.53. The molecule has 1 aromatic rings. The molecule has 1 aromatic carbocycles. The molecule has 0 spiro atoms. The zero-order chi connectivity index (χ0) is 18.7. The molecule has 0 bridgehead atoms. The second kappa shape index (κ2) is 9.09. The summed E-state index contributed by atoms with van der Waals surface area (Å²) in [5.41, 5.74) is 0.383. The number of nitrogens with one attached hydrogen (secondary N) is 2. The summed E-state index contributed by atoms with van der Waals surface area (Å²) in [5, 5.41) is 14.2. The van der Waals surface area contributed by atoms with Crippen molar-refractivity contribution in [1.29, 1.82) is 0 Å². The fourth-order valence-corrected chi connectivity index (χ4v) is 5.02. The highest BCUT2D eigenvalue weighted by Crippen LogP contribution is 2.30. The van der Waals surface area contributed by atoms with E-state index in [9.17, 15) is 18.5 Å². The molecular weight excluding hydrogens is 382 g/mol. The van der Waals surface area contributed by atoms with Crippen LogP contribution in [0.2, 0.25) is 0 Å². The monoisotopic (exact) mass is 407 g/mol. The molecule has 1 aliphatic heterocycles. The summed E-state index contributed by atoms with van der Waals surface area (Å²) in [7, 11) is -2.15. The van der Waals surface area contributed by atoms with Gasteiger partial charge in [-0.05, 0) is 50.9 Å². The third-order valence-corrected chi connectivity index (χ3v) is 6.38. The summed E-state index contributed by atoms with van der Waals surface area (Å²) in [6.07, 6.45) is 1.64. The van der Waals surface area contributed by atoms with Crippen LogP contribution in [0.4, 0.5) is 5.69 Å². The molecule has 0 aliphatic carbocycles. The van der Waals surface area contributed by atoms with Crippen LogP contribution in [0.3, 0.4) is 0 Å². The van der Waals surface area contributed by atoms with Crippen molar-refractivity contribution in [2.75, 3.05) is 33.4 Å². The topological polar surface area (TPSA) is 111 Å². The lowest BCUT2D eigenvalue weighted by atomic mass is 9.80. The summed E-state index contributed by atoms with van der Waals surface area (Å²) in [5.74, 6) is 0. The first-order valence-corrected chi connectivity index (χ1v) is 9.64. The number of aryl methyl sites for hydroxylation is 2. The van der Waals surface area contributed by atoms with Crippen molar-refractivity contribution in [3.05, 3.63) is 33.4 Å². The second-order valence-corrected chi connectivity index (χ2v) is 8.38. The number of nitro benzene ring substituents is 1. The molecule has 2 rings (SSSR count). The summed E-state index contributed by atoms with van der Waals surface area (Å²) in [6.45, 7) is 5.55. The van der Waals surface area contributed by atoms with Crippen molar-refractivity contribution in [2.24, 2.45) is 5.41 Å². The number of nitro groups is 1. The van der Waals surface area contributed by atoms with Gasteiger partial charge in [0.15, 0.2) is 0 Å². The van der Waals surface area contributed by atoms with Crippen LogP contribution in [-0.4, -0.2) is 46.7 Å². The van der Waals surface area contributed by atoms with E-state index in [2.05, 4.69) is 10.0 Å². The number of hydrogen-bond acceptors (Lipinski definition) is 6. The lowest BCUT2D eigenvalue weighted by Gasteiger charge is -2.37. The minimum absolute atomic E-state index is 0. The molecule has 10 heteroatoms. The van der Waals surface area contributed by atoms with Gasteiger partial charge in [0.25, 0.3) is 5.69 Å². The molecule has 1 heterocycles. The van der Waals surface area contributed by atoms with Gasteiger partial charge in [-0.3, -0.25) is 10.1 Å². The average molecular weight is 408 g/mol. The maximum atomic E-state index is 12.8. The van der Waals surface area contributed by atoms with Crippen molar-refractivity contribution in [3.8, 4) is 0 Å². The van der Waals surface area contributed by atoms with Crippen LogP contribution in [-0.2, 0) is 14.8 Å². The van der Waals surface area contributed by atoms with Crippen molar-refractivity contribution in [1.82, 2.24) is 10.0 Å². The van der Waals surface area contributed by atoms with Gasteiger partial charge in [0.1, 0.15) is 0 Å². The Morgan fingerprint density at radius 2 is 1.81 bits per heavy atom. The van der Waals surface area contributed by atoms with Gasteiger partial charge in [-0.25, -0.2) is 13.1 Å². The number of methoxy groups -OCH3 is 1. The minimum Gasteiger partial charge on any atom is -0.384 e. The van der Waals surface area contributed by atoms with Crippen molar-refractivity contribution < 1.29 is 18.1 Å². The molecule has 1 saturated heterocycles. The number of rotatable bonds is 7. The molecule has 8 nitrogen and oxygen atoms in total. The van der Waals surface area contributed by atoms with Gasteiger partial charge in [-0.2, -0.15) is 0 Å². The maximum absolute atomic E-state index is 12.8. The Morgan fingerprint density at radius 3 is 2.27 bits per heavy atom.